The lowest BCUT2D eigenvalue weighted by Gasteiger charge is -2.13. The molecule has 0 saturated heterocycles. The van der Waals surface area contributed by atoms with Gasteiger partial charge in [0.1, 0.15) is 12.4 Å². The molecule has 27 heavy (non-hydrogen) atoms. The number of aromatic hydroxyl groups is 1. The van der Waals surface area contributed by atoms with Gasteiger partial charge in [-0.25, -0.2) is 4.39 Å². The van der Waals surface area contributed by atoms with Crippen molar-refractivity contribution >= 4 is 6.08 Å². The summed E-state index contributed by atoms with van der Waals surface area (Å²) in [5.74, 6) is -0.0888. The van der Waals surface area contributed by atoms with Gasteiger partial charge in [0.05, 0.1) is 0 Å². The van der Waals surface area contributed by atoms with Crippen molar-refractivity contribution in [1.82, 2.24) is 0 Å². The first-order valence-corrected chi connectivity index (χ1v) is 8.94. The molecule has 0 heterocycles. The van der Waals surface area contributed by atoms with Gasteiger partial charge in [0, 0.05) is 5.56 Å². The van der Waals surface area contributed by atoms with Crippen molar-refractivity contribution in [2.45, 2.75) is 26.9 Å². The molecule has 0 aliphatic heterocycles. The van der Waals surface area contributed by atoms with Crippen molar-refractivity contribution in [3.8, 4) is 11.5 Å². The normalized spacial score (nSPS) is 11.4. The molecule has 1 N–H and O–H groups in total. The Kier molecular flexibility index (Phi) is 5.92. The predicted octanol–water partition coefficient (Wildman–Crippen LogP) is 6.06. The van der Waals surface area contributed by atoms with Gasteiger partial charge in [-0.3, -0.25) is 0 Å². The summed E-state index contributed by atoms with van der Waals surface area (Å²) >= 11 is 0. The minimum atomic E-state index is -0.594. The minimum Gasteiger partial charge on any atom is -0.505 e. The van der Waals surface area contributed by atoms with Crippen LogP contribution in [0, 0.1) is 12.7 Å². The number of aryl methyl sites for hydroxylation is 1. The van der Waals surface area contributed by atoms with Crippen LogP contribution in [0.25, 0.3) is 6.08 Å². The standard InChI is InChI=1S/C24H23FO2/c1-17(13-20-11-12-23(26)22(25)15-20)14-21-18(2)7-6-10-24(21)27-16-19-8-4-3-5-9-19/h3-12,14-15,26H,13,16H2,1-2H3/b17-14-. The summed E-state index contributed by atoms with van der Waals surface area (Å²) in [4.78, 5) is 0. The topological polar surface area (TPSA) is 29.5 Å². The Labute approximate surface area is 159 Å². The molecule has 0 aromatic heterocycles. The maximum atomic E-state index is 13.6. The average molecular weight is 362 g/mol. The fourth-order valence-corrected chi connectivity index (χ4v) is 2.98. The molecule has 0 saturated carbocycles. The van der Waals surface area contributed by atoms with E-state index in [2.05, 4.69) is 19.1 Å². The van der Waals surface area contributed by atoms with Crippen LogP contribution in [-0.2, 0) is 13.0 Å². The number of rotatable bonds is 6. The van der Waals surface area contributed by atoms with E-state index in [1.54, 1.807) is 6.07 Å². The van der Waals surface area contributed by atoms with Crippen LogP contribution >= 0.6 is 0 Å². The molecule has 0 aliphatic rings. The quantitative estimate of drug-likeness (QED) is 0.577. The van der Waals surface area contributed by atoms with Crippen LogP contribution in [0.15, 0.2) is 72.3 Å². The SMILES string of the molecule is C/C(=C/c1c(C)cccc1OCc1ccccc1)Cc1ccc(O)c(F)c1. The number of phenols is 1. The molecule has 0 bridgehead atoms. The summed E-state index contributed by atoms with van der Waals surface area (Å²) < 4.78 is 19.6. The van der Waals surface area contributed by atoms with Crippen molar-refractivity contribution in [3.05, 3.63) is 100 Å². The van der Waals surface area contributed by atoms with Crippen molar-refractivity contribution < 1.29 is 14.2 Å². The first kappa shape index (κ1) is 18.7. The Hall–Kier alpha value is -3.07. The summed E-state index contributed by atoms with van der Waals surface area (Å²) in [6.07, 6.45) is 2.68. The Morgan fingerprint density at radius 3 is 2.52 bits per heavy atom. The third-order valence-electron chi connectivity index (χ3n) is 4.41. The van der Waals surface area contributed by atoms with E-state index >= 15 is 0 Å². The highest BCUT2D eigenvalue weighted by Crippen LogP contribution is 2.27. The Bertz CT molecular complexity index is 946. The maximum Gasteiger partial charge on any atom is 0.165 e. The molecule has 0 amide bonds. The zero-order valence-corrected chi connectivity index (χ0v) is 15.6. The van der Waals surface area contributed by atoms with E-state index in [9.17, 15) is 9.50 Å². The van der Waals surface area contributed by atoms with Crippen molar-refractivity contribution in [2.75, 3.05) is 0 Å². The fraction of sp³-hybridized carbons (Fsp3) is 0.167. The van der Waals surface area contributed by atoms with Gasteiger partial charge in [0.2, 0.25) is 0 Å². The zero-order valence-electron chi connectivity index (χ0n) is 15.6. The molecule has 2 nitrogen and oxygen atoms in total. The van der Waals surface area contributed by atoms with Crippen LogP contribution in [0.2, 0.25) is 0 Å². The second-order valence-corrected chi connectivity index (χ2v) is 6.71. The first-order chi connectivity index (χ1) is 13.0. The maximum absolute atomic E-state index is 13.6. The van der Waals surface area contributed by atoms with Gasteiger partial charge in [-0.05, 0) is 55.2 Å². The summed E-state index contributed by atoms with van der Waals surface area (Å²) in [6.45, 7) is 4.57. The molecular formula is C24H23FO2. The lowest BCUT2D eigenvalue weighted by atomic mass is 10.0. The van der Waals surface area contributed by atoms with Gasteiger partial charge in [-0.1, -0.05) is 60.2 Å². The Balaban J connectivity index is 1.80. The lowest BCUT2D eigenvalue weighted by Crippen LogP contribution is -1.98. The van der Waals surface area contributed by atoms with Crippen LogP contribution < -0.4 is 4.74 Å². The number of halogens is 1. The van der Waals surface area contributed by atoms with E-state index in [0.717, 1.165) is 33.6 Å². The Morgan fingerprint density at radius 2 is 1.78 bits per heavy atom. The summed E-state index contributed by atoms with van der Waals surface area (Å²) in [7, 11) is 0. The minimum absolute atomic E-state index is 0.323. The molecule has 3 heteroatoms. The van der Waals surface area contributed by atoms with Gasteiger partial charge in [-0.2, -0.15) is 0 Å². The average Bonchev–Trinajstić information content (AvgIpc) is 2.66. The molecule has 3 aromatic carbocycles. The second-order valence-electron chi connectivity index (χ2n) is 6.71. The lowest BCUT2D eigenvalue weighted by molar-refractivity contribution is 0.305. The van der Waals surface area contributed by atoms with E-state index in [4.69, 9.17) is 4.74 Å². The molecule has 0 fully saturated rings. The highest BCUT2D eigenvalue weighted by atomic mass is 19.1. The largest absolute Gasteiger partial charge is 0.505 e. The van der Waals surface area contributed by atoms with E-state index in [0.29, 0.717) is 13.0 Å². The Morgan fingerprint density at radius 1 is 1.00 bits per heavy atom. The monoisotopic (exact) mass is 362 g/mol. The summed E-state index contributed by atoms with van der Waals surface area (Å²) in [6, 6.07) is 20.6. The number of phenolic OH excluding ortho intramolecular Hbond substituents is 1. The smallest absolute Gasteiger partial charge is 0.165 e. The van der Waals surface area contributed by atoms with Crippen molar-refractivity contribution in [2.24, 2.45) is 0 Å². The van der Waals surface area contributed by atoms with Crippen LogP contribution in [0.4, 0.5) is 4.39 Å². The number of hydrogen-bond donors (Lipinski definition) is 1. The van der Waals surface area contributed by atoms with E-state index in [1.165, 1.54) is 12.1 Å². The highest BCUT2D eigenvalue weighted by Gasteiger charge is 2.07. The van der Waals surface area contributed by atoms with Gasteiger partial charge >= 0.3 is 0 Å². The first-order valence-electron chi connectivity index (χ1n) is 8.94. The molecule has 0 spiro atoms. The predicted molar refractivity (Wildman–Crippen MR) is 107 cm³/mol. The molecule has 138 valence electrons. The van der Waals surface area contributed by atoms with Gasteiger partial charge < -0.3 is 9.84 Å². The number of hydrogen-bond acceptors (Lipinski definition) is 2. The van der Waals surface area contributed by atoms with Gasteiger partial charge in [0.25, 0.3) is 0 Å². The van der Waals surface area contributed by atoms with E-state index in [1.807, 2.05) is 49.4 Å². The zero-order chi connectivity index (χ0) is 19.2. The number of benzene rings is 3. The molecule has 0 radical (unpaired) electrons. The number of allylic oxidation sites excluding steroid dienone is 1. The molecular weight excluding hydrogens is 339 g/mol. The van der Waals surface area contributed by atoms with Crippen molar-refractivity contribution in [3.63, 3.8) is 0 Å². The third kappa shape index (κ3) is 4.98. The molecule has 0 aliphatic carbocycles. The van der Waals surface area contributed by atoms with Crippen LogP contribution in [0.1, 0.15) is 29.2 Å². The fourth-order valence-electron chi connectivity index (χ4n) is 2.98. The van der Waals surface area contributed by atoms with E-state index < -0.39 is 5.82 Å². The van der Waals surface area contributed by atoms with Crippen molar-refractivity contribution in [1.29, 1.82) is 0 Å². The third-order valence-corrected chi connectivity index (χ3v) is 4.41. The van der Waals surface area contributed by atoms with Crippen LogP contribution in [0.3, 0.4) is 0 Å². The van der Waals surface area contributed by atoms with Crippen LogP contribution in [-0.4, -0.2) is 5.11 Å². The van der Waals surface area contributed by atoms with Gasteiger partial charge in [-0.15, -0.1) is 0 Å². The van der Waals surface area contributed by atoms with Gasteiger partial charge in [0.15, 0.2) is 11.6 Å². The summed E-state index contributed by atoms with van der Waals surface area (Å²) in [5, 5.41) is 9.33. The van der Waals surface area contributed by atoms with E-state index in [-0.39, 0.29) is 5.75 Å². The summed E-state index contributed by atoms with van der Waals surface area (Å²) in [5.41, 5.74) is 5.17. The number of ether oxygens (including phenoxy) is 1. The van der Waals surface area contributed by atoms with Crippen LogP contribution in [0.5, 0.6) is 11.5 Å². The molecule has 0 unspecified atom stereocenters. The highest BCUT2D eigenvalue weighted by molar-refractivity contribution is 5.63. The second kappa shape index (κ2) is 8.54. The molecule has 3 rings (SSSR count). The molecule has 0 atom stereocenters. The molecule has 3 aromatic rings.